The van der Waals surface area contributed by atoms with E-state index in [9.17, 15) is 4.79 Å². The smallest absolute Gasteiger partial charge is 0.223 e. The average Bonchev–Trinajstić information content (AvgIpc) is 2.73. The van der Waals surface area contributed by atoms with Crippen molar-refractivity contribution in [2.45, 2.75) is 20.3 Å². The predicted octanol–water partition coefficient (Wildman–Crippen LogP) is 1.52. The number of hydrogen-bond donors (Lipinski definition) is 1. The molecule has 1 atom stereocenters. The number of aliphatic hydroxyl groups excluding tert-OH is 1. The number of amides is 1. The van der Waals surface area contributed by atoms with Crippen LogP contribution in [0.15, 0.2) is 18.2 Å². The van der Waals surface area contributed by atoms with Gasteiger partial charge < -0.3 is 14.7 Å². The van der Waals surface area contributed by atoms with Crippen molar-refractivity contribution in [3.8, 4) is 5.75 Å². The van der Waals surface area contributed by atoms with Gasteiger partial charge in [-0.3, -0.25) is 4.79 Å². The summed E-state index contributed by atoms with van der Waals surface area (Å²) >= 11 is 0. The summed E-state index contributed by atoms with van der Waals surface area (Å²) in [6.45, 7) is 5.88. The van der Waals surface area contributed by atoms with Crippen LogP contribution in [-0.2, 0) is 4.79 Å². The van der Waals surface area contributed by atoms with Crippen molar-refractivity contribution in [1.29, 1.82) is 0 Å². The van der Waals surface area contributed by atoms with Gasteiger partial charge in [0.2, 0.25) is 5.91 Å². The second-order valence-corrected chi connectivity index (χ2v) is 5.21. The van der Waals surface area contributed by atoms with E-state index >= 15 is 0 Å². The minimum atomic E-state index is 0.0835. The van der Waals surface area contributed by atoms with Gasteiger partial charge in [-0.05, 0) is 25.5 Å². The summed E-state index contributed by atoms with van der Waals surface area (Å²) in [4.78, 5) is 13.4. The molecule has 0 saturated carbocycles. The number of hydrogen-bond acceptors (Lipinski definition) is 3. The number of carbonyl (C=O) groups excluding carboxylic acids is 1. The van der Waals surface area contributed by atoms with E-state index in [-0.39, 0.29) is 18.4 Å². The highest BCUT2D eigenvalue weighted by molar-refractivity contribution is 5.78. The lowest BCUT2D eigenvalue weighted by molar-refractivity contribution is -0.128. The van der Waals surface area contributed by atoms with Crippen LogP contribution in [0.4, 0.5) is 0 Å². The van der Waals surface area contributed by atoms with E-state index < -0.39 is 0 Å². The second kappa shape index (κ2) is 6.06. The van der Waals surface area contributed by atoms with Gasteiger partial charge in [-0.15, -0.1) is 0 Å². The van der Waals surface area contributed by atoms with Gasteiger partial charge in [0.1, 0.15) is 12.4 Å². The summed E-state index contributed by atoms with van der Waals surface area (Å²) in [6, 6.07) is 6.07. The van der Waals surface area contributed by atoms with Crippen LogP contribution in [0.5, 0.6) is 5.75 Å². The number of benzene rings is 1. The normalized spacial score (nSPS) is 19.0. The number of nitrogens with zero attached hydrogens (tertiary/aromatic N) is 1. The van der Waals surface area contributed by atoms with E-state index in [1.807, 2.05) is 19.1 Å². The van der Waals surface area contributed by atoms with Crippen LogP contribution in [-0.4, -0.2) is 42.2 Å². The summed E-state index contributed by atoms with van der Waals surface area (Å²) in [7, 11) is 0. The molecule has 1 unspecified atom stereocenters. The molecule has 0 aromatic heterocycles. The number of aliphatic hydroxyl groups is 1. The van der Waals surface area contributed by atoms with Gasteiger partial charge in [-0.2, -0.15) is 0 Å². The molecule has 1 aromatic rings. The lowest BCUT2D eigenvalue weighted by Crippen LogP contribution is -2.30. The van der Waals surface area contributed by atoms with E-state index in [0.29, 0.717) is 26.1 Å². The maximum atomic E-state index is 11.7. The Bertz CT molecular complexity index is 459. The van der Waals surface area contributed by atoms with E-state index in [0.717, 1.165) is 11.3 Å². The zero-order valence-corrected chi connectivity index (χ0v) is 11.6. The Kier molecular flexibility index (Phi) is 4.43. The van der Waals surface area contributed by atoms with Crippen molar-refractivity contribution in [1.82, 2.24) is 4.90 Å². The predicted molar refractivity (Wildman–Crippen MR) is 73.2 cm³/mol. The van der Waals surface area contributed by atoms with Crippen molar-refractivity contribution in [3.05, 3.63) is 29.3 Å². The minimum absolute atomic E-state index is 0.0835. The molecule has 0 spiro atoms. The molecule has 4 nitrogen and oxygen atoms in total. The van der Waals surface area contributed by atoms with Crippen molar-refractivity contribution >= 4 is 5.91 Å². The van der Waals surface area contributed by atoms with Crippen LogP contribution >= 0.6 is 0 Å². The number of aryl methyl sites for hydroxylation is 2. The van der Waals surface area contributed by atoms with E-state index in [4.69, 9.17) is 9.84 Å². The lowest BCUT2D eigenvalue weighted by Gasteiger charge is -2.17. The van der Waals surface area contributed by atoms with Gasteiger partial charge in [0, 0.05) is 25.5 Å². The molecule has 1 heterocycles. The Morgan fingerprint density at radius 1 is 1.42 bits per heavy atom. The first kappa shape index (κ1) is 13.9. The lowest BCUT2D eigenvalue weighted by atomic mass is 10.1. The SMILES string of the molecule is Cc1ccc(OCCN2CC(CO)CC2=O)c(C)c1. The van der Waals surface area contributed by atoms with Crippen LogP contribution in [0.3, 0.4) is 0 Å². The summed E-state index contributed by atoms with van der Waals surface area (Å²) in [5, 5.41) is 9.06. The van der Waals surface area contributed by atoms with Gasteiger partial charge in [-0.1, -0.05) is 17.7 Å². The standard InChI is InChI=1S/C15H21NO3/c1-11-3-4-14(12(2)7-11)19-6-5-16-9-13(10-17)8-15(16)18/h3-4,7,13,17H,5-6,8-10H2,1-2H3. The van der Waals surface area contributed by atoms with Gasteiger partial charge >= 0.3 is 0 Å². The molecule has 104 valence electrons. The zero-order chi connectivity index (χ0) is 13.8. The van der Waals surface area contributed by atoms with Crippen molar-refractivity contribution in [3.63, 3.8) is 0 Å². The molecule has 1 aromatic carbocycles. The quantitative estimate of drug-likeness (QED) is 0.876. The number of carbonyl (C=O) groups is 1. The first-order valence-corrected chi connectivity index (χ1v) is 6.69. The fourth-order valence-electron chi connectivity index (χ4n) is 2.42. The summed E-state index contributed by atoms with van der Waals surface area (Å²) in [6.07, 6.45) is 0.458. The largest absolute Gasteiger partial charge is 0.491 e. The molecule has 4 heteroatoms. The highest BCUT2D eigenvalue weighted by Gasteiger charge is 2.28. The monoisotopic (exact) mass is 263 g/mol. The molecule has 1 amide bonds. The van der Waals surface area contributed by atoms with E-state index in [2.05, 4.69) is 13.0 Å². The molecule has 0 bridgehead atoms. The molecule has 1 saturated heterocycles. The zero-order valence-electron chi connectivity index (χ0n) is 11.6. The molecule has 19 heavy (non-hydrogen) atoms. The number of ether oxygens (including phenoxy) is 1. The average molecular weight is 263 g/mol. The Hall–Kier alpha value is -1.55. The Morgan fingerprint density at radius 2 is 2.21 bits per heavy atom. The van der Waals surface area contributed by atoms with E-state index in [1.165, 1.54) is 5.56 Å². The molecule has 0 aliphatic carbocycles. The van der Waals surface area contributed by atoms with Crippen molar-refractivity contribution in [2.24, 2.45) is 5.92 Å². The van der Waals surface area contributed by atoms with Crippen molar-refractivity contribution < 1.29 is 14.6 Å². The highest BCUT2D eigenvalue weighted by atomic mass is 16.5. The summed E-state index contributed by atoms with van der Waals surface area (Å²) < 4.78 is 5.71. The summed E-state index contributed by atoms with van der Waals surface area (Å²) in [5.74, 6) is 1.08. The van der Waals surface area contributed by atoms with Crippen LogP contribution < -0.4 is 4.74 Å². The minimum Gasteiger partial charge on any atom is -0.491 e. The highest BCUT2D eigenvalue weighted by Crippen LogP contribution is 2.20. The third-order valence-electron chi connectivity index (χ3n) is 3.50. The van der Waals surface area contributed by atoms with Gasteiger partial charge in [0.25, 0.3) is 0 Å². The molecule has 1 aliphatic rings. The maximum absolute atomic E-state index is 11.7. The molecule has 2 rings (SSSR count). The number of likely N-dealkylation sites (tertiary alicyclic amines) is 1. The third-order valence-corrected chi connectivity index (χ3v) is 3.50. The van der Waals surface area contributed by atoms with Crippen molar-refractivity contribution in [2.75, 3.05) is 26.3 Å². The van der Waals surface area contributed by atoms with Crippen LogP contribution in [0.1, 0.15) is 17.5 Å². The third kappa shape index (κ3) is 3.47. The van der Waals surface area contributed by atoms with Crippen LogP contribution in [0.2, 0.25) is 0 Å². The van der Waals surface area contributed by atoms with Gasteiger partial charge in [0.05, 0.1) is 6.54 Å². The number of rotatable bonds is 5. The molecule has 1 fully saturated rings. The van der Waals surface area contributed by atoms with Gasteiger partial charge in [-0.25, -0.2) is 0 Å². The Labute approximate surface area is 114 Å². The maximum Gasteiger partial charge on any atom is 0.223 e. The first-order chi connectivity index (χ1) is 9.10. The summed E-state index contributed by atoms with van der Waals surface area (Å²) in [5.41, 5.74) is 2.33. The fraction of sp³-hybridized carbons (Fsp3) is 0.533. The van der Waals surface area contributed by atoms with Gasteiger partial charge in [0.15, 0.2) is 0 Å². The second-order valence-electron chi connectivity index (χ2n) is 5.21. The van der Waals surface area contributed by atoms with Crippen LogP contribution in [0, 0.1) is 19.8 Å². The van der Waals surface area contributed by atoms with Crippen LogP contribution in [0.25, 0.3) is 0 Å². The van der Waals surface area contributed by atoms with E-state index in [1.54, 1.807) is 4.90 Å². The Balaban J connectivity index is 1.82. The fourth-order valence-corrected chi connectivity index (χ4v) is 2.42. The topological polar surface area (TPSA) is 49.8 Å². The first-order valence-electron chi connectivity index (χ1n) is 6.69. The Morgan fingerprint density at radius 3 is 2.84 bits per heavy atom. The molecular weight excluding hydrogens is 242 g/mol. The molecule has 1 aliphatic heterocycles. The molecule has 0 radical (unpaired) electrons. The molecule has 1 N–H and O–H groups in total. The molecular formula is C15H21NO3.